The van der Waals surface area contributed by atoms with Crippen LogP contribution in [0, 0.1) is 0 Å². The van der Waals surface area contributed by atoms with Gasteiger partial charge >= 0.3 is 0 Å². The first-order valence-electron chi connectivity index (χ1n) is 9.66. The number of amides is 3. The summed E-state index contributed by atoms with van der Waals surface area (Å²) in [4.78, 5) is 40.4. The van der Waals surface area contributed by atoms with E-state index in [-0.39, 0.29) is 29.9 Å². The van der Waals surface area contributed by atoms with E-state index in [0.717, 1.165) is 0 Å². The highest BCUT2D eigenvalue weighted by Gasteiger charge is 2.11. The van der Waals surface area contributed by atoms with Crippen molar-refractivity contribution in [3.63, 3.8) is 0 Å². The van der Waals surface area contributed by atoms with Crippen molar-refractivity contribution in [2.45, 2.75) is 12.8 Å². The topological polar surface area (TPSA) is 120 Å². The lowest BCUT2D eigenvalue weighted by molar-refractivity contribution is -0.120. The van der Waals surface area contributed by atoms with Gasteiger partial charge in [-0.15, -0.1) is 11.3 Å². The van der Waals surface area contributed by atoms with Gasteiger partial charge in [0.05, 0.1) is 12.1 Å². The Hall–Kier alpha value is -3.72. The van der Waals surface area contributed by atoms with Crippen LogP contribution in [-0.2, 0) is 11.2 Å². The maximum atomic E-state index is 12.1. The van der Waals surface area contributed by atoms with E-state index in [4.69, 9.17) is 0 Å². The number of hydrogen-bond donors (Lipinski definition) is 4. The Morgan fingerprint density at radius 2 is 1.65 bits per heavy atom. The van der Waals surface area contributed by atoms with Crippen molar-refractivity contribution in [2.24, 2.45) is 0 Å². The molecule has 9 heteroatoms. The molecule has 0 aliphatic carbocycles. The molecule has 1 heterocycles. The Kier molecular flexibility index (Phi) is 7.72. The van der Waals surface area contributed by atoms with E-state index in [1.165, 1.54) is 23.5 Å². The highest BCUT2D eigenvalue weighted by Crippen LogP contribution is 2.17. The Bertz CT molecular complexity index is 1050. The quantitative estimate of drug-likeness (QED) is 0.383. The summed E-state index contributed by atoms with van der Waals surface area (Å²) in [6, 6.07) is 14.9. The summed E-state index contributed by atoms with van der Waals surface area (Å²) in [5.41, 5.74) is 1.49. The number of thiazole rings is 1. The molecule has 0 radical (unpaired) electrons. The van der Waals surface area contributed by atoms with Crippen LogP contribution in [0.2, 0.25) is 0 Å². The number of hydrogen-bond acceptors (Lipinski definition) is 6. The minimum Gasteiger partial charge on any atom is -0.508 e. The number of phenolic OH excluding ortho intramolecular Hbond substituents is 1. The second-order valence-corrected chi connectivity index (χ2v) is 7.51. The van der Waals surface area contributed by atoms with Crippen LogP contribution >= 0.6 is 11.3 Å². The van der Waals surface area contributed by atoms with Crippen LogP contribution in [0.5, 0.6) is 5.75 Å². The van der Waals surface area contributed by atoms with Crippen LogP contribution in [0.15, 0.2) is 60.0 Å². The van der Waals surface area contributed by atoms with Crippen LogP contribution in [0.4, 0.5) is 5.13 Å². The van der Waals surface area contributed by atoms with Crippen LogP contribution in [0.25, 0.3) is 0 Å². The second kappa shape index (κ2) is 10.9. The smallest absolute Gasteiger partial charge is 0.257 e. The van der Waals surface area contributed by atoms with Crippen LogP contribution in [-0.4, -0.2) is 40.9 Å². The average Bonchev–Trinajstić information content (AvgIpc) is 3.20. The predicted molar refractivity (Wildman–Crippen MR) is 118 cm³/mol. The van der Waals surface area contributed by atoms with Gasteiger partial charge in [-0.3, -0.25) is 19.7 Å². The van der Waals surface area contributed by atoms with E-state index < -0.39 is 0 Å². The van der Waals surface area contributed by atoms with Gasteiger partial charge in [0.2, 0.25) is 5.91 Å². The Morgan fingerprint density at radius 3 is 2.42 bits per heavy atom. The third-order valence-electron chi connectivity index (χ3n) is 4.22. The number of aromatic nitrogens is 1. The fraction of sp³-hybridized carbons (Fsp3) is 0.182. The molecule has 3 rings (SSSR count). The number of anilines is 1. The highest BCUT2D eigenvalue weighted by atomic mass is 32.1. The number of aromatic hydroxyl groups is 1. The van der Waals surface area contributed by atoms with Crippen molar-refractivity contribution in [3.05, 3.63) is 76.8 Å². The lowest BCUT2D eigenvalue weighted by Crippen LogP contribution is -2.30. The first-order chi connectivity index (χ1) is 15.0. The first-order valence-corrected chi connectivity index (χ1v) is 10.5. The standard InChI is InChI=1S/C22H22N4O4S/c27-18-9-4-8-16(12-18)20(29)24-11-5-10-23-19(28)13-17-14-31-22(25-17)26-21(30)15-6-2-1-3-7-15/h1-4,6-9,12,14,27H,5,10-11,13H2,(H,23,28)(H,24,29)(H,25,26,30). The van der Waals surface area contributed by atoms with Crippen molar-refractivity contribution >= 4 is 34.2 Å². The van der Waals surface area contributed by atoms with Crippen LogP contribution in [0.3, 0.4) is 0 Å². The first kappa shape index (κ1) is 22.0. The predicted octanol–water partition coefficient (Wildman–Crippen LogP) is 2.58. The Balaban J connectivity index is 1.35. The van der Waals surface area contributed by atoms with E-state index in [2.05, 4.69) is 20.9 Å². The molecular formula is C22H22N4O4S. The minimum absolute atomic E-state index is 0.0322. The molecule has 0 atom stereocenters. The van der Waals surface area contributed by atoms with Gasteiger partial charge in [-0.25, -0.2) is 4.98 Å². The van der Waals surface area contributed by atoms with Crippen LogP contribution in [0.1, 0.15) is 32.8 Å². The van der Waals surface area contributed by atoms with E-state index in [1.54, 1.807) is 41.8 Å². The van der Waals surface area contributed by atoms with Crippen molar-refractivity contribution in [2.75, 3.05) is 18.4 Å². The molecule has 0 saturated heterocycles. The van der Waals surface area contributed by atoms with E-state index in [1.807, 2.05) is 6.07 Å². The van der Waals surface area contributed by atoms with Gasteiger partial charge in [-0.05, 0) is 36.8 Å². The van der Waals surface area contributed by atoms with Crippen molar-refractivity contribution in [1.82, 2.24) is 15.6 Å². The van der Waals surface area contributed by atoms with E-state index >= 15 is 0 Å². The summed E-state index contributed by atoms with van der Waals surface area (Å²) in [5.74, 6) is -0.691. The van der Waals surface area contributed by atoms with Crippen LogP contribution < -0.4 is 16.0 Å². The summed E-state index contributed by atoms with van der Waals surface area (Å²) in [6.07, 6.45) is 0.666. The molecule has 0 unspecified atom stereocenters. The molecule has 0 spiro atoms. The summed E-state index contributed by atoms with van der Waals surface area (Å²) < 4.78 is 0. The molecular weight excluding hydrogens is 416 g/mol. The largest absolute Gasteiger partial charge is 0.508 e. The number of carbonyl (C=O) groups excluding carboxylic acids is 3. The molecule has 8 nitrogen and oxygen atoms in total. The third kappa shape index (κ3) is 6.93. The molecule has 3 amide bonds. The maximum Gasteiger partial charge on any atom is 0.257 e. The fourth-order valence-corrected chi connectivity index (χ4v) is 3.40. The molecule has 0 aliphatic heterocycles. The van der Waals surface area contributed by atoms with Crippen molar-refractivity contribution in [1.29, 1.82) is 0 Å². The van der Waals surface area contributed by atoms with Gasteiger partial charge in [0.1, 0.15) is 5.75 Å². The van der Waals surface area contributed by atoms with Gasteiger partial charge in [-0.1, -0.05) is 24.3 Å². The zero-order valence-corrected chi connectivity index (χ0v) is 17.4. The molecule has 160 valence electrons. The lowest BCUT2D eigenvalue weighted by atomic mass is 10.2. The van der Waals surface area contributed by atoms with E-state index in [0.29, 0.717) is 41.5 Å². The molecule has 4 N–H and O–H groups in total. The molecule has 31 heavy (non-hydrogen) atoms. The number of nitrogens with zero attached hydrogens (tertiary/aromatic N) is 1. The average molecular weight is 439 g/mol. The van der Waals surface area contributed by atoms with Gasteiger partial charge < -0.3 is 15.7 Å². The Morgan fingerprint density at radius 1 is 0.903 bits per heavy atom. The molecule has 0 aliphatic rings. The zero-order chi connectivity index (χ0) is 22.1. The lowest BCUT2D eigenvalue weighted by Gasteiger charge is -2.07. The third-order valence-corrected chi connectivity index (χ3v) is 5.03. The highest BCUT2D eigenvalue weighted by molar-refractivity contribution is 7.14. The zero-order valence-electron chi connectivity index (χ0n) is 16.6. The van der Waals surface area contributed by atoms with Gasteiger partial charge in [-0.2, -0.15) is 0 Å². The number of rotatable bonds is 9. The monoisotopic (exact) mass is 438 g/mol. The van der Waals surface area contributed by atoms with E-state index in [9.17, 15) is 19.5 Å². The molecule has 1 aromatic heterocycles. The number of nitrogens with one attached hydrogen (secondary N) is 3. The second-order valence-electron chi connectivity index (χ2n) is 6.65. The summed E-state index contributed by atoms with van der Waals surface area (Å²) >= 11 is 1.26. The molecule has 3 aromatic rings. The summed E-state index contributed by atoms with van der Waals surface area (Å²) in [5, 5.41) is 19.8. The number of phenols is 1. The number of benzene rings is 2. The van der Waals surface area contributed by atoms with Gasteiger partial charge in [0.25, 0.3) is 11.8 Å². The molecule has 0 saturated carbocycles. The number of carbonyl (C=O) groups is 3. The maximum absolute atomic E-state index is 12.1. The molecule has 0 bridgehead atoms. The Labute approximate surface area is 183 Å². The summed E-state index contributed by atoms with van der Waals surface area (Å²) in [6.45, 7) is 0.794. The molecule has 0 fully saturated rings. The van der Waals surface area contributed by atoms with Gasteiger partial charge in [0, 0.05) is 29.6 Å². The summed E-state index contributed by atoms with van der Waals surface area (Å²) in [7, 11) is 0. The van der Waals surface area contributed by atoms with Crippen molar-refractivity contribution < 1.29 is 19.5 Å². The normalized spacial score (nSPS) is 10.3. The van der Waals surface area contributed by atoms with Gasteiger partial charge in [0.15, 0.2) is 5.13 Å². The fourth-order valence-electron chi connectivity index (χ4n) is 2.70. The van der Waals surface area contributed by atoms with Crippen molar-refractivity contribution in [3.8, 4) is 5.75 Å². The SMILES string of the molecule is O=C(Cc1csc(NC(=O)c2ccccc2)n1)NCCCNC(=O)c1cccc(O)c1. The minimum atomic E-state index is -0.283. The molecule has 2 aromatic carbocycles.